The Labute approximate surface area is 89.8 Å². The van der Waals surface area contributed by atoms with E-state index in [4.69, 9.17) is 0 Å². The summed E-state index contributed by atoms with van der Waals surface area (Å²) in [6.45, 7) is 0. The highest BCUT2D eigenvalue weighted by Gasteiger charge is 2.31. The van der Waals surface area contributed by atoms with Gasteiger partial charge >= 0.3 is 0 Å². The Morgan fingerprint density at radius 2 is 1.64 bits per heavy atom. The minimum absolute atomic E-state index is 0.123. The molecule has 1 aliphatic heterocycles. The van der Waals surface area contributed by atoms with Crippen LogP contribution in [0.5, 0.6) is 0 Å². The average molecular weight is 254 g/mol. The van der Waals surface area contributed by atoms with Gasteiger partial charge in [0, 0.05) is 17.3 Å². The third-order valence-electron chi connectivity index (χ3n) is 2.14. The van der Waals surface area contributed by atoms with Gasteiger partial charge in [-0.2, -0.15) is 0 Å². The van der Waals surface area contributed by atoms with Crippen molar-refractivity contribution in [1.29, 1.82) is 0 Å². The van der Waals surface area contributed by atoms with Gasteiger partial charge in [-0.1, -0.05) is 12.1 Å². The molecule has 1 aromatic rings. The molecule has 4 heteroatoms. The van der Waals surface area contributed by atoms with Crippen LogP contribution in [-0.2, 0) is 9.59 Å². The van der Waals surface area contributed by atoms with Crippen molar-refractivity contribution in [3.8, 4) is 0 Å². The molecule has 0 spiro atoms. The molecule has 2 rings (SSSR count). The van der Waals surface area contributed by atoms with E-state index in [0.29, 0.717) is 18.5 Å². The zero-order chi connectivity index (χ0) is 10.1. The van der Waals surface area contributed by atoms with E-state index in [-0.39, 0.29) is 11.8 Å². The first-order valence-electron chi connectivity index (χ1n) is 4.30. The van der Waals surface area contributed by atoms with Gasteiger partial charge in [0.05, 0.1) is 5.69 Å². The summed E-state index contributed by atoms with van der Waals surface area (Å²) >= 11 is 3.32. The Balaban J connectivity index is 2.44. The number of rotatable bonds is 1. The van der Waals surface area contributed by atoms with E-state index in [2.05, 4.69) is 15.9 Å². The van der Waals surface area contributed by atoms with Gasteiger partial charge in [0.1, 0.15) is 0 Å². The molecular formula is C10H8BrNO2. The molecule has 1 saturated heterocycles. The van der Waals surface area contributed by atoms with Gasteiger partial charge < -0.3 is 0 Å². The van der Waals surface area contributed by atoms with Crippen LogP contribution < -0.4 is 4.90 Å². The number of amides is 2. The van der Waals surface area contributed by atoms with E-state index in [1.807, 2.05) is 12.1 Å². The minimum Gasteiger partial charge on any atom is -0.274 e. The smallest absolute Gasteiger partial charge is 0.234 e. The van der Waals surface area contributed by atoms with Crippen molar-refractivity contribution in [2.24, 2.45) is 0 Å². The summed E-state index contributed by atoms with van der Waals surface area (Å²) in [6, 6.07) is 7.22. The van der Waals surface area contributed by atoms with E-state index < -0.39 is 0 Å². The van der Waals surface area contributed by atoms with Crippen LogP contribution in [-0.4, -0.2) is 11.8 Å². The highest BCUT2D eigenvalue weighted by atomic mass is 79.9. The maximum absolute atomic E-state index is 11.4. The molecule has 0 aliphatic carbocycles. The summed E-state index contributed by atoms with van der Waals surface area (Å²) in [4.78, 5) is 24.1. The maximum atomic E-state index is 11.4. The molecule has 3 nitrogen and oxygen atoms in total. The molecule has 0 radical (unpaired) electrons. The fourth-order valence-electron chi connectivity index (χ4n) is 1.48. The Morgan fingerprint density at radius 1 is 1.07 bits per heavy atom. The zero-order valence-electron chi connectivity index (χ0n) is 7.37. The number of para-hydroxylation sites is 1. The lowest BCUT2D eigenvalue weighted by atomic mass is 10.3. The second kappa shape index (κ2) is 3.53. The molecule has 1 aliphatic rings. The lowest BCUT2D eigenvalue weighted by Crippen LogP contribution is -2.28. The Hall–Kier alpha value is -1.16. The van der Waals surface area contributed by atoms with Gasteiger partial charge in [-0.05, 0) is 28.1 Å². The monoisotopic (exact) mass is 253 g/mol. The van der Waals surface area contributed by atoms with E-state index in [1.165, 1.54) is 4.90 Å². The summed E-state index contributed by atoms with van der Waals surface area (Å²) in [5.74, 6) is -0.246. The van der Waals surface area contributed by atoms with Crippen LogP contribution in [0.1, 0.15) is 12.8 Å². The van der Waals surface area contributed by atoms with Crippen molar-refractivity contribution >= 4 is 33.4 Å². The quantitative estimate of drug-likeness (QED) is 0.719. The number of hydrogen-bond donors (Lipinski definition) is 0. The molecule has 0 saturated carbocycles. The highest BCUT2D eigenvalue weighted by molar-refractivity contribution is 9.10. The molecule has 1 fully saturated rings. The molecule has 1 heterocycles. The van der Waals surface area contributed by atoms with Gasteiger partial charge in [-0.15, -0.1) is 0 Å². The largest absolute Gasteiger partial charge is 0.274 e. The summed E-state index contributed by atoms with van der Waals surface area (Å²) in [6.07, 6.45) is 0.639. The molecule has 0 N–H and O–H groups in total. The number of carbonyl (C=O) groups excluding carboxylic acids is 2. The number of anilines is 1. The van der Waals surface area contributed by atoms with E-state index in [9.17, 15) is 9.59 Å². The van der Waals surface area contributed by atoms with Crippen molar-refractivity contribution < 1.29 is 9.59 Å². The lowest BCUT2D eigenvalue weighted by molar-refractivity contribution is -0.121. The van der Waals surface area contributed by atoms with E-state index in [0.717, 1.165) is 4.47 Å². The van der Waals surface area contributed by atoms with Gasteiger partial charge in [-0.25, -0.2) is 4.90 Å². The van der Waals surface area contributed by atoms with Crippen molar-refractivity contribution in [1.82, 2.24) is 0 Å². The Morgan fingerprint density at radius 3 is 2.21 bits per heavy atom. The first kappa shape index (κ1) is 9.40. The second-order valence-electron chi connectivity index (χ2n) is 3.07. The van der Waals surface area contributed by atoms with Crippen molar-refractivity contribution in [3.05, 3.63) is 28.7 Å². The number of carbonyl (C=O) groups is 2. The normalized spacial score (nSPS) is 16.5. The lowest BCUT2D eigenvalue weighted by Gasteiger charge is -2.14. The van der Waals surface area contributed by atoms with Crippen molar-refractivity contribution in [2.75, 3.05) is 4.90 Å². The third kappa shape index (κ3) is 1.46. The van der Waals surface area contributed by atoms with Crippen LogP contribution in [0.2, 0.25) is 0 Å². The number of benzene rings is 1. The number of hydrogen-bond acceptors (Lipinski definition) is 2. The zero-order valence-corrected chi connectivity index (χ0v) is 8.95. The molecular weight excluding hydrogens is 246 g/mol. The van der Waals surface area contributed by atoms with E-state index >= 15 is 0 Å². The van der Waals surface area contributed by atoms with Crippen molar-refractivity contribution in [3.63, 3.8) is 0 Å². The number of halogens is 1. The van der Waals surface area contributed by atoms with E-state index in [1.54, 1.807) is 12.1 Å². The summed E-state index contributed by atoms with van der Waals surface area (Å²) in [5, 5.41) is 0. The van der Waals surface area contributed by atoms with Crippen LogP contribution in [0.3, 0.4) is 0 Å². The molecule has 0 aromatic heterocycles. The van der Waals surface area contributed by atoms with Crippen LogP contribution in [0.25, 0.3) is 0 Å². The number of imide groups is 1. The first-order chi connectivity index (χ1) is 6.70. The standard InChI is InChI=1S/C10H8BrNO2/c11-7-3-1-2-4-8(7)12-9(13)5-6-10(12)14/h1-4H,5-6H2. The topological polar surface area (TPSA) is 37.4 Å². The van der Waals surface area contributed by atoms with Crippen LogP contribution in [0.4, 0.5) is 5.69 Å². The summed E-state index contributed by atoms with van der Waals surface area (Å²) < 4.78 is 0.767. The Bertz CT molecular complexity index is 387. The molecule has 1 aromatic carbocycles. The predicted molar refractivity (Wildman–Crippen MR) is 55.9 cm³/mol. The second-order valence-corrected chi connectivity index (χ2v) is 3.93. The van der Waals surface area contributed by atoms with Crippen LogP contribution >= 0.6 is 15.9 Å². The average Bonchev–Trinajstić information content (AvgIpc) is 2.48. The summed E-state index contributed by atoms with van der Waals surface area (Å²) in [5.41, 5.74) is 0.639. The molecule has 2 amide bonds. The highest BCUT2D eigenvalue weighted by Crippen LogP contribution is 2.29. The Kier molecular flexibility index (Phi) is 2.37. The maximum Gasteiger partial charge on any atom is 0.234 e. The molecule has 14 heavy (non-hydrogen) atoms. The SMILES string of the molecule is O=C1CCC(=O)N1c1ccccc1Br. The molecule has 72 valence electrons. The minimum atomic E-state index is -0.123. The fraction of sp³-hybridized carbons (Fsp3) is 0.200. The molecule has 0 bridgehead atoms. The van der Waals surface area contributed by atoms with Crippen molar-refractivity contribution in [2.45, 2.75) is 12.8 Å². The van der Waals surface area contributed by atoms with Crippen LogP contribution in [0, 0.1) is 0 Å². The van der Waals surface area contributed by atoms with Gasteiger partial charge in [0.2, 0.25) is 11.8 Å². The third-order valence-corrected chi connectivity index (χ3v) is 2.82. The fourth-order valence-corrected chi connectivity index (χ4v) is 1.94. The van der Waals surface area contributed by atoms with Crippen LogP contribution in [0.15, 0.2) is 28.7 Å². The van der Waals surface area contributed by atoms with Gasteiger partial charge in [0.25, 0.3) is 0 Å². The van der Waals surface area contributed by atoms with Gasteiger partial charge in [0.15, 0.2) is 0 Å². The van der Waals surface area contributed by atoms with Gasteiger partial charge in [-0.3, -0.25) is 9.59 Å². The predicted octanol–water partition coefficient (Wildman–Crippen LogP) is 2.10. The summed E-state index contributed by atoms with van der Waals surface area (Å²) in [7, 11) is 0. The number of nitrogens with zero attached hydrogens (tertiary/aromatic N) is 1. The first-order valence-corrected chi connectivity index (χ1v) is 5.10. The molecule has 0 unspecified atom stereocenters. The molecule has 0 atom stereocenters.